The van der Waals surface area contributed by atoms with Crippen molar-refractivity contribution in [1.29, 1.82) is 0 Å². The minimum atomic E-state index is -1.77. The molecule has 0 N–H and O–H groups in total. The van der Waals surface area contributed by atoms with Gasteiger partial charge in [0.1, 0.15) is 0 Å². The zero-order valence-corrected chi connectivity index (χ0v) is 15.3. The van der Waals surface area contributed by atoms with Gasteiger partial charge in [-0.1, -0.05) is 30.3 Å². The molecule has 0 bridgehead atoms. The van der Waals surface area contributed by atoms with Crippen molar-refractivity contribution in [2.45, 2.75) is 19.0 Å². The first kappa shape index (κ1) is 19.2. The Labute approximate surface area is 152 Å². The maximum atomic E-state index is 12.3. The molecule has 1 amide bonds. The first-order valence-electron chi connectivity index (χ1n) is 8.02. The summed E-state index contributed by atoms with van der Waals surface area (Å²) in [5.41, 5.74) is -0.694. The topological polar surface area (TPSA) is 81.9 Å². The van der Waals surface area contributed by atoms with Crippen LogP contribution in [0, 0.1) is 10.1 Å². The van der Waals surface area contributed by atoms with Gasteiger partial charge < -0.3 is 9.47 Å². The number of amides is 1. The summed E-state index contributed by atoms with van der Waals surface area (Å²) in [6.07, 6.45) is 0.0202. The van der Waals surface area contributed by atoms with Crippen LogP contribution in [0.25, 0.3) is 0 Å². The molecule has 0 aliphatic rings. The van der Waals surface area contributed by atoms with Crippen LogP contribution in [0.15, 0.2) is 48.5 Å². The molecule has 1 atom stereocenters. The summed E-state index contributed by atoms with van der Waals surface area (Å²) < 4.78 is 10.5. The molecular formula is C19H22N2O5. The van der Waals surface area contributed by atoms with Crippen molar-refractivity contribution < 1.29 is 19.2 Å². The van der Waals surface area contributed by atoms with E-state index in [9.17, 15) is 14.9 Å². The van der Waals surface area contributed by atoms with Gasteiger partial charge in [0.2, 0.25) is 5.91 Å². The minimum absolute atomic E-state index is 0.0202. The van der Waals surface area contributed by atoms with Crippen molar-refractivity contribution in [2.75, 3.05) is 21.3 Å². The van der Waals surface area contributed by atoms with E-state index in [2.05, 4.69) is 0 Å². The van der Waals surface area contributed by atoms with Crippen LogP contribution in [0.2, 0.25) is 0 Å². The lowest BCUT2D eigenvalue weighted by Gasteiger charge is -2.34. The zero-order chi connectivity index (χ0) is 19.3. The number of rotatable bonds is 7. The van der Waals surface area contributed by atoms with E-state index in [0.29, 0.717) is 17.1 Å². The van der Waals surface area contributed by atoms with Crippen LogP contribution in [-0.4, -0.2) is 37.0 Å². The van der Waals surface area contributed by atoms with Gasteiger partial charge in [-0.15, -0.1) is 0 Å². The highest BCUT2D eigenvalue weighted by Gasteiger charge is 2.51. The predicted octanol–water partition coefficient (Wildman–Crippen LogP) is 2.85. The SMILES string of the molecule is COc1ccc(C(Cc2ccccc2)(N(C)C(C)=O)[N+](=O)[O-])cc1OC. The Morgan fingerprint density at radius 3 is 2.23 bits per heavy atom. The van der Waals surface area contributed by atoms with Gasteiger partial charge in [-0.25, -0.2) is 0 Å². The normalized spacial score (nSPS) is 12.8. The molecule has 2 rings (SSSR count). The molecule has 7 nitrogen and oxygen atoms in total. The number of likely N-dealkylation sites (N-methyl/N-ethyl adjacent to an activating group) is 1. The van der Waals surface area contributed by atoms with Crippen LogP contribution in [0.4, 0.5) is 0 Å². The third kappa shape index (κ3) is 3.46. The van der Waals surface area contributed by atoms with Gasteiger partial charge in [-0.05, 0) is 23.8 Å². The second kappa shape index (κ2) is 7.86. The number of hydrogen-bond acceptors (Lipinski definition) is 5. The van der Waals surface area contributed by atoms with Crippen LogP contribution in [-0.2, 0) is 16.9 Å². The van der Waals surface area contributed by atoms with Crippen molar-refractivity contribution in [1.82, 2.24) is 4.90 Å². The Hall–Kier alpha value is -3.09. The lowest BCUT2D eigenvalue weighted by atomic mass is 9.90. The molecule has 0 heterocycles. The number of benzene rings is 2. The van der Waals surface area contributed by atoms with Gasteiger partial charge >= 0.3 is 5.66 Å². The molecule has 2 aromatic rings. The molecule has 0 aromatic heterocycles. The van der Waals surface area contributed by atoms with E-state index in [4.69, 9.17) is 9.47 Å². The first-order chi connectivity index (χ1) is 12.4. The molecular weight excluding hydrogens is 336 g/mol. The quantitative estimate of drug-likeness (QED) is 0.432. The van der Waals surface area contributed by atoms with Crippen LogP contribution in [0.3, 0.4) is 0 Å². The van der Waals surface area contributed by atoms with Gasteiger partial charge in [0.25, 0.3) is 0 Å². The fourth-order valence-corrected chi connectivity index (χ4v) is 2.93. The summed E-state index contributed by atoms with van der Waals surface area (Å²) >= 11 is 0. The monoisotopic (exact) mass is 358 g/mol. The second-order valence-corrected chi connectivity index (χ2v) is 5.88. The standard InChI is InChI=1S/C19H22N2O5/c1-14(22)20(2)19(21(23)24,13-15-8-6-5-7-9-15)16-10-11-17(25-3)18(12-16)26-4/h5-12H,13H2,1-4H3. The van der Waals surface area contributed by atoms with E-state index in [1.54, 1.807) is 30.3 Å². The van der Waals surface area contributed by atoms with Crippen molar-refractivity contribution in [3.63, 3.8) is 0 Å². The fraction of sp³-hybridized carbons (Fsp3) is 0.316. The molecule has 0 aliphatic carbocycles. The molecule has 138 valence electrons. The molecule has 0 saturated carbocycles. The van der Waals surface area contributed by atoms with Crippen LogP contribution in [0.1, 0.15) is 18.1 Å². The van der Waals surface area contributed by atoms with E-state index < -0.39 is 16.5 Å². The maximum Gasteiger partial charge on any atom is 0.328 e. The Morgan fingerprint density at radius 2 is 1.73 bits per heavy atom. The molecule has 0 aliphatic heterocycles. The van der Waals surface area contributed by atoms with Crippen molar-refractivity contribution >= 4 is 5.91 Å². The van der Waals surface area contributed by atoms with Crippen LogP contribution in [0.5, 0.6) is 11.5 Å². The Kier molecular flexibility index (Phi) is 5.82. The van der Waals surface area contributed by atoms with Crippen LogP contribution >= 0.6 is 0 Å². The number of carbonyl (C=O) groups is 1. The number of nitro groups is 1. The predicted molar refractivity (Wildman–Crippen MR) is 96.8 cm³/mol. The van der Waals surface area contributed by atoms with Crippen molar-refractivity contribution in [3.8, 4) is 11.5 Å². The molecule has 26 heavy (non-hydrogen) atoms. The Balaban J connectivity index is 2.69. The summed E-state index contributed by atoms with van der Waals surface area (Å²) in [5.74, 6) is 0.410. The average molecular weight is 358 g/mol. The first-order valence-corrected chi connectivity index (χ1v) is 8.02. The second-order valence-electron chi connectivity index (χ2n) is 5.88. The van der Waals surface area contributed by atoms with Gasteiger partial charge in [0.15, 0.2) is 11.5 Å². The zero-order valence-electron chi connectivity index (χ0n) is 15.3. The van der Waals surface area contributed by atoms with Crippen molar-refractivity contribution in [3.05, 3.63) is 69.8 Å². The lowest BCUT2D eigenvalue weighted by Crippen LogP contribution is -2.53. The largest absolute Gasteiger partial charge is 0.493 e. The summed E-state index contributed by atoms with van der Waals surface area (Å²) in [4.78, 5) is 25.1. The maximum absolute atomic E-state index is 12.3. The third-order valence-corrected chi connectivity index (χ3v) is 4.47. The van der Waals surface area contributed by atoms with E-state index in [1.807, 2.05) is 18.2 Å². The summed E-state index contributed by atoms with van der Waals surface area (Å²) in [6.45, 7) is 1.31. The number of carbonyl (C=O) groups excluding carboxylic acids is 1. The smallest absolute Gasteiger partial charge is 0.328 e. The third-order valence-electron chi connectivity index (χ3n) is 4.47. The summed E-state index contributed by atoms with van der Waals surface area (Å²) in [6, 6.07) is 13.8. The average Bonchev–Trinajstić information content (AvgIpc) is 2.65. The molecule has 0 saturated heterocycles. The Bertz CT molecular complexity index is 794. The van der Waals surface area contributed by atoms with Gasteiger partial charge in [0, 0.05) is 14.0 Å². The molecule has 0 fully saturated rings. The lowest BCUT2D eigenvalue weighted by molar-refractivity contribution is -0.606. The summed E-state index contributed by atoms with van der Waals surface area (Å²) in [5, 5.41) is 12.3. The van der Waals surface area contributed by atoms with Crippen molar-refractivity contribution in [2.24, 2.45) is 0 Å². The summed E-state index contributed by atoms with van der Waals surface area (Å²) in [7, 11) is 4.39. The molecule has 2 aromatic carbocycles. The van der Waals surface area contributed by atoms with E-state index in [1.165, 1.54) is 28.2 Å². The van der Waals surface area contributed by atoms with Gasteiger partial charge in [-0.3, -0.25) is 19.8 Å². The number of methoxy groups -OCH3 is 2. The minimum Gasteiger partial charge on any atom is -0.493 e. The van der Waals surface area contributed by atoms with E-state index in [-0.39, 0.29) is 6.42 Å². The highest BCUT2D eigenvalue weighted by molar-refractivity contribution is 5.74. The number of ether oxygens (including phenoxy) is 2. The molecule has 1 unspecified atom stereocenters. The van der Waals surface area contributed by atoms with Gasteiger partial charge in [0.05, 0.1) is 31.1 Å². The molecule has 7 heteroatoms. The fourth-order valence-electron chi connectivity index (χ4n) is 2.93. The van der Waals surface area contributed by atoms with Gasteiger partial charge in [-0.2, -0.15) is 0 Å². The highest BCUT2D eigenvalue weighted by atomic mass is 16.6. The Morgan fingerprint density at radius 1 is 1.12 bits per heavy atom. The van der Waals surface area contributed by atoms with Crippen LogP contribution < -0.4 is 9.47 Å². The molecule has 0 radical (unpaired) electrons. The highest BCUT2D eigenvalue weighted by Crippen LogP contribution is 2.37. The van der Waals surface area contributed by atoms with E-state index >= 15 is 0 Å². The number of nitrogens with zero attached hydrogens (tertiary/aromatic N) is 2. The number of hydrogen-bond donors (Lipinski definition) is 0. The molecule has 0 spiro atoms. The van der Waals surface area contributed by atoms with E-state index in [0.717, 1.165) is 10.5 Å².